The summed E-state index contributed by atoms with van der Waals surface area (Å²) in [6.07, 6.45) is 2.34. The predicted octanol–water partition coefficient (Wildman–Crippen LogP) is 2.10. The number of hydrogen-bond donors (Lipinski definition) is 2. The van der Waals surface area contributed by atoms with E-state index in [0.717, 1.165) is 24.2 Å². The molecule has 0 saturated carbocycles. The first-order chi connectivity index (χ1) is 12.2. The topological polar surface area (TPSA) is 67.4 Å². The van der Waals surface area contributed by atoms with Gasteiger partial charge in [0.25, 0.3) is 0 Å². The van der Waals surface area contributed by atoms with Gasteiger partial charge in [-0.25, -0.2) is 0 Å². The van der Waals surface area contributed by atoms with Crippen LogP contribution in [0.3, 0.4) is 0 Å². The van der Waals surface area contributed by atoms with E-state index in [1.807, 2.05) is 54.6 Å². The van der Waals surface area contributed by atoms with E-state index >= 15 is 0 Å². The molecule has 5 nitrogen and oxygen atoms in total. The first kappa shape index (κ1) is 18.5. The van der Waals surface area contributed by atoms with Gasteiger partial charge in [0.15, 0.2) is 0 Å². The van der Waals surface area contributed by atoms with E-state index in [1.165, 1.54) is 5.56 Å². The zero-order valence-electron chi connectivity index (χ0n) is 14.5. The lowest BCUT2D eigenvalue weighted by molar-refractivity contribution is -0.139. The summed E-state index contributed by atoms with van der Waals surface area (Å²) in [6, 6.07) is 17.7. The van der Waals surface area contributed by atoms with Crippen LogP contribution >= 0.6 is 0 Å². The molecule has 5 heteroatoms. The maximum atomic E-state index is 11.8. The van der Waals surface area contributed by atoms with Crippen molar-refractivity contribution in [2.45, 2.75) is 19.3 Å². The highest BCUT2D eigenvalue weighted by atomic mass is 16.5. The van der Waals surface area contributed by atoms with Gasteiger partial charge in [-0.15, -0.1) is 0 Å². The Bertz CT molecular complexity index is 669. The zero-order chi connectivity index (χ0) is 17.9. The van der Waals surface area contributed by atoms with Gasteiger partial charge in [0, 0.05) is 13.1 Å². The molecule has 0 aromatic heterocycles. The van der Waals surface area contributed by atoms with E-state index < -0.39 is 11.8 Å². The van der Waals surface area contributed by atoms with Crippen LogP contribution in [-0.2, 0) is 22.4 Å². The third-order valence-electron chi connectivity index (χ3n) is 3.84. The van der Waals surface area contributed by atoms with Gasteiger partial charge >= 0.3 is 11.8 Å². The second-order valence-electron chi connectivity index (χ2n) is 5.70. The van der Waals surface area contributed by atoms with Crippen molar-refractivity contribution in [2.75, 3.05) is 20.2 Å². The first-order valence-electron chi connectivity index (χ1n) is 8.42. The van der Waals surface area contributed by atoms with Gasteiger partial charge in [-0.1, -0.05) is 42.5 Å². The average Bonchev–Trinajstić information content (AvgIpc) is 2.66. The van der Waals surface area contributed by atoms with Gasteiger partial charge in [0.1, 0.15) is 5.75 Å². The van der Waals surface area contributed by atoms with Crippen molar-refractivity contribution in [3.63, 3.8) is 0 Å². The van der Waals surface area contributed by atoms with Crippen molar-refractivity contribution < 1.29 is 14.3 Å². The molecule has 0 aliphatic carbocycles. The molecular formula is C20H24N2O3. The zero-order valence-corrected chi connectivity index (χ0v) is 14.5. The van der Waals surface area contributed by atoms with Crippen molar-refractivity contribution in [3.05, 3.63) is 65.7 Å². The third kappa shape index (κ3) is 6.67. The SMILES string of the molecule is COc1ccc(CCNC(=O)C(=O)NCCCc2ccccc2)cc1. The molecule has 0 radical (unpaired) electrons. The minimum atomic E-state index is -0.590. The molecule has 2 N–H and O–H groups in total. The smallest absolute Gasteiger partial charge is 0.309 e. The summed E-state index contributed by atoms with van der Waals surface area (Å²) < 4.78 is 5.10. The van der Waals surface area contributed by atoms with E-state index in [4.69, 9.17) is 4.74 Å². The highest BCUT2D eigenvalue weighted by molar-refractivity contribution is 6.35. The van der Waals surface area contributed by atoms with E-state index in [2.05, 4.69) is 10.6 Å². The highest BCUT2D eigenvalue weighted by Crippen LogP contribution is 2.11. The number of hydrogen-bond acceptors (Lipinski definition) is 3. The van der Waals surface area contributed by atoms with Crippen LogP contribution in [0.5, 0.6) is 5.75 Å². The number of carbonyl (C=O) groups is 2. The van der Waals surface area contributed by atoms with Crippen LogP contribution in [0.2, 0.25) is 0 Å². The lowest BCUT2D eigenvalue weighted by Gasteiger charge is -2.07. The van der Waals surface area contributed by atoms with Crippen LogP contribution in [0.4, 0.5) is 0 Å². The number of aryl methyl sites for hydroxylation is 1. The quantitative estimate of drug-likeness (QED) is 0.571. The summed E-state index contributed by atoms with van der Waals surface area (Å²) >= 11 is 0. The monoisotopic (exact) mass is 340 g/mol. The lowest BCUT2D eigenvalue weighted by atomic mass is 10.1. The fourth-order valence-electron chi connectivity index (χ4n) is 2.41. The van der Waals surface area contributed by atoms with Crippen molar-refractivity contribution >= 4 is 11.8 Å². The van der Waals surface area contributed by atoms with Gasteiger partial charge < -0.3 is 15.4 Å². The van der Waals surface area contributed by atoms with Crippen LogP contribution < -0.4 is 15.4 Å². The van der Waals surface area contributed by atoms with E-state index in [1.54, 1.807) is 7.11 Å². The summed E-state index contributed by atoms with van der Waals surface area (Å²) in [4.78, 5) is 23.5. The minimum absolute atomic E-state index is 0.419. The Balaban J connectivity index is 1.60. The number of amides is 2. The maximum absolute atomic E-state index is 11.8. The standard InChI is InChI=1S/C20H24N2O3/c1-25-18-11-9-17(10-12-18)13-15-22-20(24)19(23)21-14-5-8-16-6-3-2-4-7-16/h2-4,6-7,9-12H,5,8,13-15H2,1H3,(H,21,23)(H,22,24). The van der Waals surface area contributed by atoms with Gasteiger partial charge in [-0.2, -0.15) is 0 Å². The fraction of sp³-hybridized carbons (Fsp3) is 0.300. The Morgan fingerprint density at radius 3 is 2.04 bits per heavy atom. The molecule has 2 aromatic rings. The number of ether oxygens (including phenoxy) is 1. The van der Waals surface area contributed by atoms with Crippen LogP contribution in [-0.4, -0.2) is 32.0 Å². The normalized spacial score (nSPS) is 10.1. The Morgan fingerprint density at radius 1 is 0.800 bits per heavy atom. The van der Waals surface area contributed by atoms with Crippen LogP contribution in [0, 0.1) is 0 Å². The van der Waals surface area contributed by atoms with Gasteiger partial charge in [-0.05, 0) is 42.5 Å². The number of nitrogens with one attached hydrogen (secondary N) is 2. The van der Waals surface area contributed by atoms with E-state index in [0.29, 0.717) is 19.5 Å². The van der Waals surface area contributed by atoms with Crippen LogP contribution in [0.25, 0.3) is 0 Å². The lowest BCUT2D eigenvalue weighted by Crippen LogP contribution is -2.41. The molecule has 0 heterocycles. The molecule has 132 valence electrons. The Hall–Kier alpha value is -2.82. The van der Waals surface area contributed by atoms with Crippen molar-refractivity contribution in [3.8, 4) is 5.75 Å². The van der Waals surface area contributed by atoms with Gasteiger partial charge in [0.05, 0.1) is 7.11 Å². The number of benzene rings is 2. The summed E-state index contributed by atoms with van der Waals surface area (Å²) in [7, 11) is 1.62. The molecule has 0 bridgehead atoms. The molecule has 0 spiro atoms. The molecule has 0 unspecified atom stereocenters. The molecule has 2 amide bonds. The molecule has 0 aliphatic heterocycles. The molecule has 0 saturated heterocycles. The predicted molar refractivity (Wildman–Crippen MR) is 97.5 cm³/mol. The third-order valence-corrected chi connectivity index (χ3v) is 3.84. The number of methoxy groups -OCH3 is 1. The van der Waals surface area contributed by atoms with E-state index in [9.17, 15) is 9.59 Å². The largest absolute Gasteiger partial charge is 0.497 e. The second-order valence-corrected chi connectivity index (χ2v) is 5.70. The maximum Gasteiger partial charge on any atom is 0.309 e. The van der Waals surface area contributed by atoms with E-state index in [-0.39, 0.29) is 0 Å². The Labute approximate surface area is 148 Å². The Morgan fingerprint density at radius 2 is 1.40 bits per heavy atom. The first-order valence-corrected chi connectivity index (χ1v) is 8.42. The molecule has 2 aromatic carbocycles. The minimum Gasteiger partial charge on any atom is -0.497 e. The Kier molecular flexibility index (Phi) is 7.50. The molecule has 25 heavy (non-hydrogen) atoms. The summed E-state index contributed by atoms with van der Waals surface area (Å²) in [5, 5.41) is 5.28. The second kappa shape index (κ2) is 10.1. The van der Waals surface area contributed by atoms with Crippen LogP contribution in [0.15, 0.2) is 54.6 Å². The molecular weight excluding hydrogens is 316 g/mol. The molecule has 0 aliphatic rings. The molecule has 0 atom stereocenters. The number of carbonyl (C=O) groups excluding carboxylic acids is 2. The van der Waals surface area contributed by atoms with Gasteiger partial charge in [-0.3, -0.25) is 9.59 Å². The molecule has 2 rings (SSSR count). The summed E-state index contributed by atoms with van der Waals surface area (Å²) in [6.45, 7) is 0.905. The number of rotatable bonds is 8. The molecule has 0 fully saturated rings. The van der Waals surface area contributed by atoms with Crippen molar-refractivity contribution in [1.29, 1.82) is 0 Å². The summed E-state index contributed by atoms with van der Waals surface area (Å²) in [5.41, 5.74) is 2.30. The van der Waals surface area contributed by atoms with Crippen molar-refractivity contribution in [2.24, 2.45) is 0 Å². The van der Waals surface area contributed by atoms with Crippen LogP contribution in [0.1, 0.15) is 17.5 Å². The average molecular weight is 340 g/mol. The highest BCUT2D eigenvalue weighted by Gasteiger charge is 2.11. The summed E-state index contributed by atoms with van der Waals surface area (Å²) in [5.74, 6) is -0.376. The van der Waals surface area contributed by atoms with Gasteiger partial charge in [0.2, 0.25) is 0 Å². The fourth-order valence-corrected chi connectivity index (χ4v) is 2.41. The van der Waals surface area contributed by atoms with Crippen molar-refractivity contribution in [1.82, 2.24) is 10.6 Å².